The molecule has 6 N–H and O–H groups in total. The largest absolute Gasteiger partial charge is 0.469 e. The molecule has 1 fully saturated rings. The standard InChI is InChI=1S/C8H16NO9P.Na/c1-3(10)9-5-7(12)6(11)4(18-8(5)13)2-17-19(14,15)16;/h4-8,11-13H,2H2,1H3,(H,9,10)(H2,14,15,16);. The molecule has 5 unspecified atom stereocenters. The SMILES string of the molecule is CC(=O)NC1C(O)OC(COP(=O)(O)O)C(O)C1O.[Na]. The van der Waals surface area contributed by atoms with Crippen molar-refractivity contribution in [3.8, 4) is 0 Å². The van der Waals surface area contributed by atoms with Crippen LogP contribution in [0.3, 0.4) is 0 Å². The molecule has 5 atom stereocenters. The molecule has 1 radical (unpaired) electrons. The molecule has 20 heavy (non-hydrogen) atoms. The van der Waals surface area contributed by atoms with Crippen molar-refractivity contribution in [2.45, 2.75) is 37.6 Å². The Morgan fingerprint density at radius 1 is 1.30 bits per heavy atom. The van der Waals surface area contributed by atoms with Gasteiger partial charge in [-0.3, -0.25) is 9.32 Å². The van der Waals surface area contributed by atoms with Crippen molar-refractivity contribution in [3.63, 3.8) is 0 Å². The number of rotatable bonds is 4. The van der Waals surface area contributed by atoms with Crippen LogP contribution < -0.4 is 5.32 Å². The minimum Gasteiger partial charge on any atom is -0.388 e. The summed E-state index contributed by atoms with van der Waals surface area (Å²) in [5.74, 6) is -0.552. The molecule has 1 rings (SSSR count). The van der Waals surface area contributed by atoms with E-state index in [0.29, 0.717) is 0 Å². The van der Waals surface area contributed by atoms with E-state index in [-0.39, 0.29) is 29.6 Å². The Morgan fingerprint density at radius 3 is 2.30 bits per heavy atom. The van der Waals surface area contributed by atoms with E-state index >= 15 is 0 Å². The van der Waals surface area contributed by atoms with Gasteiger partial charge in [-0.1, -0.05) is 0 Å². The molecule has 1 saturated heterocycles. The summed E-state index contributed by atoms with van der Waals surface area (Å²) in [5.41, 5.74) is 0. The summed E-state index contributed by atoms with van der Waals surface area (Å²) in [5, 5.41) is 31.1. The fraction of sp³-hybridized carbons (Fsp3) is 0.875. The van der Waals surface area contributed by atoms with E-state index < -0.39 is 51.0 Å². The van der Waals surface area contributed by atoms with Gasteiger partial charge in [-0.05, 0) is 0 Å². The van der Waals surface area contributed by atoms with Crippen LogP contribution in [0.15, 0.2) is 0 Å². The van der Waals surface area contributed by atoms with E-state index in [0.717, 1.165) is 6.92 Å². The fourth-order valence-electron chi connectivity index (χ4n) is 1.65. The first kappa shape index (κ1) is 20.4. The minimum atomic E-state index is -4.76. The second kappa shape index (κ2) is 8.16. The van der Waals surface area contributed by atoms with Gasteiger partial charge in [-0.2, -0.15) is 0 Å². The van der Waals surface area contributed by atoms with Crippen LogP contribution in [0.5, 0.6) is 0 Å². The molecule has 0 spiro atoms. The van der Waals surface area contributed by atoms with Crippen molar-refractivity contribution in [3.05, 3.63) is 0 Å². The van der Waals surface area contributed by atoms with Crippen molar-refractivity contribution in [1.29, 1.82) is 0 Å². The molecule has 0 saturated carbocycles. The predicted molar refractivity (Wildman–Crippen MR) is 64.2 cm³/mol. The van der Waals surface area contributed by atoms with Gasteiger partial charge in [0.25, 0.3) is 0 Å². The maximum Gasteiger partial charge on any atom is 0.469 e. The zero-order valence-electron chi connectivity index (χ0n) is 10.9. The van der Waals surface area contributed by atoms with Crippen molar-refractivity contribution >= 4 is 43.3 Å². The number of amides is 1. The number of aliphatic hydroxyl groups excluding tert-OH is 3. The first-order valence-corrected chi connectivity index (χ1v) is 6.81. The molecule has 113 valence electrons. The van der Waals surface area contributed by atoms with Crippen LogP contribution in [-0.4, -0.2) is 97.8 Å². The number of aliphatic hydroxyl groups is 3. The van der Waals surface area contributed by atoms with Crippen LogP contribution >= 0.6 is 7.82 Å². The Balaban J connectivity index is 0.00000361. The maximum atomic E-state index is 10.9. The molecule has 1 aliphatic rings. The summed E-state index contributed by atoms with van der Waals surface area (Å²) in [6.45, 7) is 0.418. The molecule has 12 heteroatoms. The average molecular weight is 324 g/mol. The molecular weight excluding hydrogens is 308 g/mol. The van der Waals surface area contributed by atoms with Crippen LogP contribution in [0.4, 0.5) is 0 Å². The molecule has 10 nitrogen and oxygen atoms in total. The number of phosphoric acid groups is 1. The van der Waals surface area contributed by atoms with Gasteiger partial charge >= 0.3 is 7.82 Å². The second-order valence-corrected chi connectivity index (χ2v) is 5.30. The number of carbonyl (C=O) groups is 1. The number of phosphoric ester groups is 1. The van der Waals surface area contributed by atoms with Gasteiger partial charge in [0.05, 0.1) is 6.61 Å². The average Bonchev–Trinajstić information content (AvgIpc) is 2.26. The molecule has 0 bridgehead atoms. The van der Waals surface area contributed by atoms with Crippen LogP contribution in [0, 0.1) is 0 Å². The van der Waals surface area contributed by atoms with Crippen LogP contribution in [0.1, 0.15) is 6.92 Å². The van der Waals surface area contributed by atoms with E-state index in [1.807, 2.05) is 0 Å². The zero-order chi connectivity index (χ0) is 14.8. The number of carbonyl (C=O) groups excluding carboxylic acids is 1. The maximum absolute atomic E-state index is 10.9. The van der Waals surface area contributed by atoms with Crippen molar-refractivity contribution in [2.24, 2.45) is 0 Å². The normalized spacial score (nSPS) is 34.2. The Kier molecular flexibility index (Phi) is 8.33. The van der Waals surface area contributed by atoms with E-state index in [4.69, 9.17) is 14.5 Å². The fourth-order valence-corrected chi connectivity index (χ4v) is 1.99. The summed E-state index contributed by atoms with van der Waals surface area (Å²) < 4.78 is 19.5. The summed E-state index contributed by atoms with van der Waals surface area (Å²) in [6.07, 6.45) is -6.15. The Morgan fingerprint density at radius 2 is 1.85 bits per heavy atom. The van der Waals surface area contributed by atoms with E-state index in [1.165, 1.54) is 0 Å². The van der Waals surface area contributed by atoms with Gasteiger partial charge in [0.1, 0.15) is 24.4 Å². The molecular formula is C8H16NNaO9P. The molecule has 1 heterocycles. The van der Waals surface area contributed by atoms with E-state index in [9.17, 15) is 24.7 Å². The minimum absolute atomic E-state index is 0. The first-order chi connectivity index (χ1) is 8.61. The summed E-state index contributed by atoms with van der Waals surface area (Å²) in [4.78, 5) is 27.9. The van der Waals surface area contributed by atoms with Gasteiger partial charge in [-0.15, -0.1) is 0 Å². The third kappa shape index (κ3) is 6.04. The monoisotopic (exact) mass is 324 g/mol. The molecule has 0 aliphatic carbocycles. The number of hydrogen-bond acceptors (Lipinski definition) is 7. The van der Waals surface area contributed by atoms with E-state index in [1.54, 1.807) is 0 Å². The number of hydrogen-bond donors (Lipinski definition) is 6. The third-order valence-corrected chi connectivity index (χ3v) is 2.98. The molecule has 1 amide bonds. The molecule has 1 aliphatic heterocycles. The van der Waals surface area contributed by atoms with Gasteiger partial charge in [0, 0.05) is 36.5 Å². The van der Waals surface area contributed by atoms with Gasteiger partial charge in [0.15, 0.2) is 6.29 Å². The topological polar surface area (TPSA) is 166 Å². The predicted octanol–water partition coefficient (Wildman–Crippen LogP) is -3.34. The number of nitrogens with one attached hydrogen (secondary N) is 1. The Hall–Kier alpha value is 0.420. The van der Waals surface area contributed by atoms with Crippen molar-refractivity contribution < 1.29 is 43.7 Å². The van der Waals surface area contributed by atoms with Gasteiger partial charge in [0.2, 0.25) is 5.91 Å². The first-order valence-electron chi connectivity index (χ1n) is 5.28. The van der Waals surface area contributed by atoms with E-state index in [2.05, 4.69) is 9.84 Å². The van der Waals surface area contributed by atoms with Crippen molar-refractivity contribution in [2.75, 3.05) is 6.61 Å². The summed E-state index contributed by atoms with van der Waals surface area (Å²) in [6, 6.07) is -1.25. The number of ether oxygens (including phenoxy) is 1. The second-order valence-electron chi connectivity index (χ2n) is 4.06. The van der Waals surface area contributed by atoms with Gasteiger partial charge < -0.3 is 35.2 Å². The molecule has 0 aromatic rings. The zero-order valence-corrected chi connectivity index (χ0v) is 13.8. The van der Waals surface area contributed by atoms with Crippen LogP contribution in [0.25, 0.3) is 0 Å². The molecule has 0 aromatic heterocycles. The van der Waals surface area contributed by atoms with Gasteiger partial charge in [-0.25, -0.2) is 4.57 Å². The quantitative estimate of drug-likeness (QED) is 0.229. The third-order valence-electron chi connectivity index (χ3n) is 2.50. The Labute approximate surface area is 136 Å². The smallest absolute Gasteiger partial charge is 0.388 e. The van der Waals surface area contributed by atoms with Crippen LogP contribution in [-0.2, 0) is 18.6 Å². The van der Waals surface area contributed by atoms with Crippen LogP contribution in [0.2, 0.25) is 0 Å². The summed E-state index contributed by atoms with van der Waals surface area (Å²) in [7, 11) is -4.76. The summed E-state index contributed by atoms with van der Waals surface area (Å²) >= 11 is 0. The Bertz CT molecular complexity index is 377. The van der Waals surface area contributed by atoms with Crippen molar-refractivity contribution in [1.82, 2.24) is 5.32 Å². The molecule has 0 aromatic carbocycles.